The molecule has 1 aliphatic heterocycles. The Hall–Kier alpha value is -2.11. The summed E-state index contributed by atoms with van der Waals surface area (Å²) >= 11 is 0. The van der Waals surface area contributed by atoms with Crippen molar-refractivity contribution in [1.82, 2.24) is 4.90 Å². The number of oxime groups is 1. The number of carbonyl (C=O) groups excluding carboxylic acids is 1. The van der Waals surface area contributed by atoms with E-state index in [0.29, 0.717) is 24.1 Å². The third kappa shape index (κ3) is 2.89. The van der Waals surface area contributed by atoms with Crippen LogP contribution in [0.2, 0.25) is 0 Å². The van der Waals surface area contributed by atoms with Crippen molar-refractivity contribution in [2.24, 2.45) is 10.9 Å². The van der Waals surface area contributed by atoms with E-state index in [1.807, 2.05) is 0 Å². The third-order valence-corrected chi connectivity index (χ3v) is 3.51. The minimum Gasteiger partial charge on any atom is -0.409 e. The number of rotatable bonds is 2. The molecule has 1 aliphatic rings. The first-order valence-electron chi connectivity index (χ1n) is 6.58. The summed E-state index contributed by atoms with van der Waals surface area (Å²) in [5, 5.41) is 11.8. The van der Waals surface area contributed by atoms with Crippen LogP contribution < -0.4 is 5.73 Å². The number of nitrogens with two attached hydrogens (primary N) is 1. The lowest BCUT2D eigenvalue weighted by molar-refractivity contribution is 0.0676. The molecule has 0 radical (unpaired) electrons. The minimum atomic E-state index is -0.439. The molecule has 20 heavy (non-hydrogen) atoms. The van der Waals surface area contributed by atoms with Crippen LogP contribution in [0.3, 0.4) is 0 Å². The quantitative estimate of drug-likeness (QED) is 0.375. The average molecular weight is 279 g/mol. The highest BCUT2D eigenvalue weighted by Gasteiger charge is 2.30. The zero-order valence-corrected chi connectivity index (χ0v) is 11.3. The summed E-state index contributed by atoms with van der Waals surface area (Å²) < 4.78 is 13.4. The molecule has 0 bridgehead atoms. The van der Waals surface area contributed by atoms with Gasteiger partial charge in [0.2, 0.25) is 0 Å². The van der Waals surface area contributed by atoms with Gasteiger partial charge in [0.15, 0.2) is 5.84 Å². The molecule has 1 saturated heterocycles. The van der Waals surface area contributed by atoms with E-state index < -0.39 is 11.9 Å². The number of likely N-dealkylation sites (tertiary alicyclic amines) is 1. The Labute approximate surface area is 116 Å². The zero-order valence-electron chi connectivity index (χ0n) is 11.3. The van der Waals surface area contributed by atoms with Gasteiger partial charge in [-0.15, -0.1) is 0 Å². The molecule has 1 amide bonds. The second kappa shape index (κ2) is 5.90. The maximum atomic E-state index is 13.4. The highest BCUT2D eigenvalue weighted by atomic mass is 19.1. The molecule has 108 valence electrons. The monoisotopic (exact) mass is 279 g/mol. The van der Waals surface area contributed by atoms with Crippen molar-refractivity contribution in [2.75, 3.05) is 6.54 Å². The van der Waals surface area contributed by atoms with Crippen LogP contribution in [-0.2, 0) is 0 Å². The molecular formula is C14H18FN3O2. The number of nitrogens with zero attached hydrogens (tertiary/aromatic N) is 2. The number of halogens is 1. The van der Waals surface area contributed by atoms with Crippen molar-refractivity contribution in [3.8, 4) is 0 Å². The number of hydrogen-bond donors (Lipinski definition) is 2. The molecule has 0 aliphatic carbocycles. The highest BCUT2D eigenvalue weighted by Crippen LogP contribution is 2.21. The van der Waals surface area contributed by atoms with Gasteiger partial charge in [-0.1, -0.05) is 5.16 Å². The molecule has 2 rings (SSSR count). The maximum absolute atomic E-state index is 13.4. The molecule has 1 aromatic rings. The van der Waals surface area contributed by atoms with E-state index in [0.717, 1.165) is 12.8 Å². The van der Waals surface area contributed by atoms with Crippen molar-refractivity contribution < 1.29 is 14.4 Å². The van der Waals surface area contributed by atoms with Crippen LogP contribution in [0.25, 0.3) is 0 Å². The number of carbonyl (C=O) groups is 1. The molecule has 0 spiro atoms. The van der Waals surface area contributed by atoms with E-state index in [-0.39, 0.29) is 11.7 Å². The van der Waals surface area contributed by atoms with Gasteiger partial charge in [-0.2, -0.15) is 0 Å². The maximum Gasteiger partial charge on any atom is 0.254 e. The fourth-order valence-electron chi connectivity index (χ4n) is 2.57. The first-order valence-corrected chi connectivity index (χ1v) is 6.58. The van der Waals surface area contributed by atoms with Gasteiger partial charge in [-0.25, -0.2) is 4.39 Å². The first kappa shape index (κ1) is 14.3. The van der Waals surface area contributed by atoms with Gasteiger partial charge < -0.3 is 15.8 Å². The topological polar surface area (TPSA) is 78.9 Å². The standard InChI is InChI=1S/C14H18FN3O2/c1-9-6-10(8-11(15)7-9)14(19)18-5-3-2-4-12(18)13(16)17-20/h6-8,12,20H,2-5H2,1H3,(H2,16,17). The summed E-state index contributed by atoms with van der Waals surface area (Å²) in [5.74, 6) is -0.708. The summed E-state index contributed by atoms with van der Waals surface area (Å²) in [6.45, 7) is 2.26. The van der Waals surface area contributed by atoms with Gasteiger partial charge in [-0.3, -0.25) is 4.79 Å². The van der Waals surface area contributed by atoms with E-state index >= 15 is 0 Å². The van der Waals surface area contributed by atoms with E-state index in [1.54, 1.807) is 17.9 Å². The van der Waals surface area contributed by atoms with Gasteiger partial charge >= 0.3 is 0 Å². The van der Waals surface area contributed by atoms with Crippen molar-refractivity contribution in [2.45, 2.75) is 32.2 Å². The molecule has 0 saturated carbocycles. The number of aryl methyl sites for hydroxylation is 1. The minimum absolute atomic E-state index is 0.0196. The Bertz CT molecular complexity index is 525. The van der Waals surface area contributed by atoms with Crippen LogP contribution in [0.5, 0.6) is 0 Å². The van der Waals surface area contributed by atoms with Crippen LogP contribution in [0.1, 0.15) is 35.2 Å². The first-order chi connectivity index (χ1) is 9.52. The number of amides is 1. The van der Waals surface area contributed by atoms with Gasteiger partial charge in [0.1, 0.15) is 5.82 Å². The van der Waals surface area contributed by atoms with Crippen LogP contribution in [0.4, 0.5) is 4.39 Å². The van der Waals surface area contributed by atoms with Crippen LogP contribution in [0.15, 0.2) is 23.4 Å². The normalized spacial score (nSPS) is 20.0. The molecule has 5 nitrogen and oxygen atoms in total. The Balaban J connectivity index is 2.29. The number of hydrogen-bond acceptors (Lipinski definition) is 3. The lowest BCUT2D eigenvalue weighted by atomic mass is 9.99. The van der Waals surface area contributed by atoms with Crippen LogP contribution in [0, 0.1) is 12.7 Å². The predicted octanol–water partition coefficient (Wildman–Crippen LogP) is 1.88. The molecule has 0 aromatic heterocycles. The predicted molar refractivity (Wildman–Crippen MR) is 73.2 cm³/mol. The van der Waals surface area contributed by atoms with Crippen molar-refractivity contribution in [3.63, 3.8) is 0 Å². The van der Waals surface area contributed by atoms with E-state index in [4.69, 9.17) is 10.9 Å². The van der Waals surface area contributed by atoms with E-state index in [2.05, 4.69) is 5.16 Å². The molecule has 1 unspecified atom stereocenters. The third-order valence-electron chi connectivity index (χ3n) is 3.51. The fourth-order valence-corrected chi connectivity index (χ4v) is 2.57. The second-order valence-corrected chi connectivity index (χ2v) is 5.05. The second-order valence-electron chi connectivity index (χ2n) is 5.05. The highest BCUT2D eigenvalue weighted by molar-refractivity contribution is 5.98. The number of piperidine rings is 1. The van der Waals surface area contributed by atoms with Crippen LogP contribution in [-0.4, -0.2) is 34.4 Å². The van der Waals surface area contributed by atoms with Crippen molar-refractivity contribution in [3.05, 3.63) is 35.1 Å². The zero-order chi connectivity index (χ0) is 14.7. The molecule has 6 heteroatoms. The molecule has 1 atom stereocenters. The molecular weight excluding hydrogens is 261 g/mol. The summed E-state index contributed by atoms with van der Waals surface area (Å²) in [5.41, 5.74) is 6.62. The van der Waals surface area contributed by atoms with Crippen molar-refractivity contribution in [1.29, 1.82) is 0 Å². The number of benzene rings is 1. The van der Waals surface area contributed by atoms with Gasteiger partial charge in [-0.05, 0) is 49.9 Å². The summed E-state index contributed by atoms with van der Waals surface area (Å²) in [4.78, 5) is 14.1. The van der Waals surface area contributed by atoms with Crippen LogP contribution >= 0.6 is 0 Å². The van der Waals surface area contributed by atoms with Crippen molar-refractivity contribution >= 4 is 11.7 Å². The average Bonchev–Trinajstić information content (AvgIpc) is 2.44. The molecule has 1 heterocycles. The van der Waals surface area contributed by atoms with Gasteiger partial charge in [0.25, 0.3) is 5.91 Å². The Morgan fingerprint density at radius 2 is 2.20 bits per heavy atom. The Morgan fingerprint density at radius 3 is 2.85 bits per heavy atom. The fraction of sp³-hybridized carbons (Fsp3) is 0.429. The lowest BCUT2D eigenvalue weighted by Gasteiger charge is -2.34. The van der Waals surface area contributed by atoms with E-state index in [1.165, 1.54) is 12.1 Å². The van der Waals surface area contributed by atoms with Gasteiger partial charge in [0.05, 0.1) is 6.04 Å². The smallest absolute Gasteiger partial charge is 0.254 e. The summed E-state index contributed by atoms with van der Waals surface area (Å²) in [7, 11) is 0. The number of amidine groups is 1. The summed E-state index contributed by atoms with van der Waals surface area (Å²) in [6.07, 6.45) is 2.41. The SMILES string of the molecule is Cc1cc(F)cc(C(=O)N2CCCCC2/C(N)=N/O)c1. The Kier molecular flexibility index (Phi) is 4.22. The molecule has 3 N–H and O–H groups in total. The lowest BCUT2D eigenvalue weighted by Crippen LogP contribution is -2.50. The molecule has 1 fully saturated rings. The van der Waals surface area contributed by atoms with Gasteiger partial charge in [0, 0.05) is 12.1 Å². The van der Waals surface area contributed by atoms with E-state index in [9.17, 15) is 9.18 Å². The Morgan fingerprint density at radius 1 is 1.45 bits per heavy atom. The summed E-state index contributed by atoms with van der Waals surface area (Å²) in [6, 6.07) is 3.80. The molecule has 1 aromatic carbocycles. The largest absolute Gasteiger partial charge is 0.409 e.